The molecule has 0 spiro atoms. The number of para-hydroxylation sites is 2. The highest BCUT2D eigenvalue weighted by atomic mass is 16.5. The van der Waals surface area contributed by atoms with Crippen molar-refractivity contribution in [2.45, 2.75) is 33.7 Å². The van der Waals surface area contributed by atoms with Crippen molar-refractivity contribution >= 4 is 5.69 Å². The normalized spacial score (nSPS) is 12.2. The van der Waals surface area contributed by atoms with Crippen molar-refractivity contribution in [2.24, 2.45) is 0 Å². The van der Waals surface area contributed by atoms with Gasteiger partial charge in [-0.15, -0.1) is 0 Å². The molecule has 0 aliphatic heterocycles. The minimum Gasteiger partial charge on any atom is -0.492 e. The predicted octanol–water partition coefficient (Wildman–Crippen LogP) is 4.47. The molecule has 1 aromatic heterocycles. The molecule has 1 unspecified atom stereocenters. The second-order valence-corrected chi connectivity index (χ2v) is 4.66. The summed E-state index contributed by atoms with van der Waals surface area (Å²) in [6.07, 6.45) is 0. The van der Waals surface area contributed by atoms with Crippen LogP contribution in [0.2, 0.25) is 0 Å². The highest BCUT2D eigenvalue weighted by Crippen LogP contribution is 2.30. The van der Waals surface area contributed by atoms with E-state index >= 15 is 0 Å². The molecular weight excluding hydrogens is 238 g/mol. The SMILES string of the molecule is CCOc1ccccc1NC(C)c1cc(C)oc1C. The largest absolute Gasteiger partial charge is 0.492 e. The lowest BCUT2D eigenvalue weighted by Gasteiger charge is -2.17. The molecule has 1 heterocycles. The molecule has 1 aromatic carbocycles. The Morgan fingerprint density at radius 3 is 2.63 bits per heavy atom. The number of aryl methyl sites for hydroxylation is 2. The summed E-state index contributed by atoms with van der Waals surface area (Å²) in [6, 6.07) is 10.3. The van der Waals surface area contributed by atoms with Gasteiger partial charge in [0.1, 0.15) is 17.3 Å². The second kappa shape index (κ2) is 5.83. The molecule has 0 aliphatic rings. The van der Waals surface area contributed by atoms with Crippen LogP contribution in [-0.4, -0.2) is 6.61 Å². The molecule has 0 amide bonds. The van der Waals surface area contributed by atoms with Crippen LogP contribution in [-0.2, 0) is 0 Å². The first kappa shape index (κ1) is 13.5. The third-order valence-corrected chi connectivity index (χ3v) is 3.10. The van der Waals surface area contributed by atoms with Gasteiger partial charge in [0.05, 0.1) is 18.3 Å². The zero-order valence-corrected chi connectivity index (χ0v) is 12.0. The third-order valence-electron chi connectivity index (χ3n) is 3.10. The Morgan fingerprint density at radius 2 is 2.00 bits per heavy atom. The molecule has 3 heteroatoms. The average Bonchev–Trinajstić information content (AvgIpc) is 2.71. The zero-order chi connectivity index (χ0) is 13.8. The van der Waals surface area contributed by atoms with Crippen LogP contribution in [0.4, 0.5) is 5.69 Å². The predicted molar refractivity (Wildman–Crippen MR) is 77.8 cm³/mol. The van der Waals surface area contributed by atoms with Crippen LogP contribution in [0.3, 0.4) is 0 Å². The highest BCUT2D eigenvalue weighted by molar-refractivity contribution is 5.57. The van der Waals surface area contributed by atoms with Gasteiger partial charge in [0.25, 0.3) is 0 Å². The molecule has 0 bridgehead atoms. The summed E-state index contributed by atoms with van der Waals surface area (Å²) >= 11 is 0. The number of benzene rings is 1. The van der Waals surface area contributed by atoms with Crippen LogP contribution in [0.15, 0.2) is 34.7 Å². The van der Waals surface area contributed by atoms with E-state index < -0.39 is 0 Å². The van der Waals surface area contributed by atoms with E-state index in [2.05, 4.69) is 18.3 Å². The van der Waals surface area contributed by atoms with Crippen LogP contribution in [0.25, 0.3) is 0 Å². The van der Waals surface area contributed by atoms with Crippen molar-refractivity contribution in [2.75, 3.05) is 11.9 Å². The van der Waals surface area contributed by atoms with Crippen molar-refractivity contribution in [3.63, 3.8) is 0 Å². The van der Waals surface area contributed by atoms with Crippen molar-refractivity contribution in [3.8, 4) is 5.75 Å². The topological polar surface area (TPSA) is 34.4 Å². The van der Waals surface area contributed by atoms with E-state index in [1.807, 2.05) is 45.0 Å². The molecule has 1 N–H and O–H groups in total. The maximum absolute atomic E-state index is 5.62. The van der Waals surface area contributed by atoms with Gasteiger partial charge in [-0.25, -0.2) is 0 Å². The van der Waals surface area contributed by atoms with E-state index in [0.717, 1.165) is 23.0 Å². The lowest BCUT2D eigenvalue weighted by molar-refractivity contribution is 0.341. The van der Waals surface area contributed by atoms with Crippen LogP contribution >= 0.6 is 0 Å². The second-order valence-electron chi connectivity index (χ2n) is 4.66. The first-order valence-electron chi connectivity index (χ1n) is 6.67. The summed E-state index contributed by atoms with van der Waals surface area (Å²) < 4.78 is 11.2. The van der Waals surface area contributed by atoms with Crippen molar-refractivity contribution < 1.29 is 9.15 Å². The molecule has 0 radical (unpaired) electrons. The van der Waals surface area contributed by atoms with E-state index in [1.54, 1.807) is 0 Å². The Kier molecular flexibility index (Phi) is 4.15. The van der Waals surface area contributed by atoms with E-state index in [4.69, 9.17) is 9.15 Å². The molecule has 1 atom stereocenters. The molecule has 2 rings (SSSR count). The van der Waals surface area contributed by atoms with Gasteiger partial charge in [-0.05, 0) is 45.9 Å². The third kappa shape index (κ3) is 3.11. The number of hydrogen-bond donors (Lipinski definition) is 1. The summed E-state index contributed by atoms with van der Waals surface area (Å²) in [5.74, 6) is 2.79. The fourth-order valence-corrected chi connectivity index (χ4v) is 2.26. The molecule has 0 aliphatic carbocycles. The first-order chi connectivity index (χ1) is 9.11. The molecule has 0 saturated carbocycles. The monoisotopic (exact) mass is 259 g/mol. The fraction of sp³-hybridized carbons (Fsp3) is 0.375. The first-order valence-corrected chi connectivity index (χ1v) is 6.67. The number of hydrogen-bond acceptors (Lipinski definition) is 3. The molecule has 19 heavy (non-hydrogen) atoms. The molecule has 0 fully saturated rings. The van der Waals surface area contributed by atoms with E-state index in [1.165, 1.54) is 5.56 Å². The lowest BCUT2D eigenvalue weighted by atomic mass is 10.1. The van der Waals surface area contributed by atoms with E-state index in [0.29, 0.717) is 6.61 Å². The highest BCUT2D eigenvalue weighted by Gasteiger charge is 2.14. The number of nitrogens with one attached hydrogen (secondary N) is 1. The molecule has 3 nitrogen and oxygen atoms in total. The van der Waals surface area contributed by atoms with Gasteiger partial charge in [0.2, 0.25) is 0 Å². The molecular formula is C16H21NO2. The van der Waals surface area contributed by atoms with Gasteiger partial charge in [-0.1, -0.05) is 12.1 Å². The summed E-state index contributed by atoms with van der Waals surface area (Å²) in [4.78, 5) is 0. The molecule has 0 saturated heterocycles. The van der Waals surface area contributed by atoms with E-state index in [9.17, 15) is 0 Å². The van der Waals surface area contributed by atoms with Crippen molar-refractivity contribution in [1.82, 2.24) is 0 Å². The summed E-state index contributed by atoms with van der Waals surface area (Å²) in [7, 11) is 0. The zero-order valence-electron chi connectivity index (χ0n) is 12.0. The Bertz CT molecular complexity index is 545. The summed E-state index contributed by atoms with van der Waals surface area (Å²) in [6.45, 7) is 8.74. The standard InChI is InChI=1S/C16H21NO2/c1-5-18-16-9-7-6-8-15(16)17-12(3)14-10-11(2)19-13(14)4/h6-10,12,17H,5H2,1-4H3. The minimum absolute atomic E-state index is 0.180. The average molecular weight is 259 g/mol. The minimum atomic E-state index is 0.180. The number of furan rings is 1. The van der Waals surface area contributed by atoms with Gasteiger partial charge in [0, 0.05) is 5.56 Å². The number of rotatable bonds is 5. The van der Waals surface area contributed by atoms with Gasteiger partial charge < -0.3 is 14.5 Å². The summed E-state index contributed by atoms with van der Waals surface area (Å²) in [5, 5.41) is 3.48. The maximum Gasteiger partial charge on any atom is 0.142 e. The molecule has 2 aromatic rings. The Morgan fingerprint density at radius 1 is 1.26 bits per heavy atom. The Hall–Kier alpha value is -1.90. The maximum atomic E-state index is 5.62. The van der Waals surface area contributed by atoms with E-state index in [-0.39, 0.29) is 6.04 Å². The van der Waals surface area contributed by atoms with Gasteiger partial charge >= 0.3 is 0 Å². The van der Waals surface area contributed by atoms with Crippen LogP contribution < -0.4 is 10.1 Å². The van der Waals surface area contributed by atoms with Gasteiger partial charge in [0.15, 0.2) is 0 Å². The van der Waals surface area contributed by atoms with Crippen LogP contribution in [0.1, 0.15) is 37.0 Å². The smallest absolute Gasteiger partial charge is 0.142 e. The van der Waals surface area contributed by atoms with Gasteiger partial charge in [-0.3, -0.25) is 0 Å². The van der Waals surface area contributed by atoms with Crippen LogP contribution in [0, 0.1) is 13.8 Å². The quantitative estimate of drug-likeness (QED) is 0.860. The summed E-state index contributed by atoms with van der Waals surface area (Å²) in [5.41, 5.74) is 2.19. The van der Waals surface area contributed by atoms with Crippen molar-refractivity contribution in [1.29, 1.82) is 0 Å². The van der Waals surface area contributed by atoms with Gasteiger partial charge in [-0.2, -0.15) is 0 Å². The molecule has 102 valence electrons. The number of ether oxygens (including phenoxy) is 1. The fourth-order valence-electron chi connectivity index (χ4n) is 2.26. The number of anilines is 1. The Balaban J connectivity index is 2.19. The van der Waals surface area contributed by atoms with Crippen LogP contribution in [0.5, 0.6) is 5.75 Å². The van der Waals surface area contributed by atoms with Crippen molar-refractivity contribution in [3.05, 3.63) is 47.4 Å². The lowest BCUT2D eigenvalue weighted by Crippen LogP contribution is -2.08. The Labute approximate surface area is 114 Å².